The third-order valence-corrected chi connectivity index (χ3v) is 4.40. The first-order chi connectivity index (χ1) is 8.70. The van der Waals surface area contributed by atoms with Crippen molar-refractivity contribution < 1.29 is 9.47 Å². The lowest BCUT2D eigenvalue weighted by Crippen LogP contribution is -2.49. The van der Waals surface area contributed by atoms with Crippen molar-refractivity contribution in [2.75, 3.05) is 26.4 Å². The fourth-order valence-electron chi connectivity index (χ4n) is 3.53. The fraction of sp³-hybridized carbons (Fsp3) is 1.00. The molecular weight excluding hydrogens is 226 g/mol. The molecule has 0 spiro atoms. The molecule has 2 fully saturated rings. The number of hydrogen-bond acceptors (Lipinski definition) is 3. The molecule has 1 heterocycles. The van der Waals surface area contributed by atoms with Crippen LogP contribution in [0.3, 0.4) is 0 Å². The summed E-state index contributed by atoms with van der Waals surface area (Å²) in [6.45, 7) is 10.6. The summed E-state index contributed by atoms with van der Waals surface area (Å²) in [7, 11) is 0. The largest absolute Gasteiger partial charge is 0.381 e. The number of likely N-dealkylation sites (N-methyl/N-ethyl adjacent to an activating group) is 1. The second-order valence-corrected chi connectivity index (χ2v) is 6.25. The molecule has 1 saturated carbocycles. The summed E-state index contributed by atoms with van der Waals surface area (Å²) >= 11 is 0. The van der Waals surface area contributed by atoms with Crippen LogP contribution in [-0.4, -0.2) is 38.5 Å². The lowest BCUT2D eigenvalue weighted by molar-refractivity contribution is -0.0510. The van der Waals surface area contributed by atoms with Gasteiger partial charge in [0.05, 0.1) is 19.3 Å². The van der Waals surface area contributed by atoms with E-state index in [1.807, 2.05) is 0 Å². The van der Waals surface area contributed by atoms with Gasteiger partial charge in [-0.15, -0.1) is 0 Å². The summed E-state index contributed by atoms with van der Waals surface area (Å²) in [6, 6.07) is 0.538. The predicted molar refractivity (Wildman–Crippen MR) is 73.7 cm³/mol. The molecule has 2 rings (SSSR count). The van der Waals surface area contributed by atoms with Crippen LogP contribution < -0.4 is 5.32 Å². The Kier molecular flexibility index (Phi) is 5.46. The first-order valence-corrected chi connectivity index (χ1v) is 7.63. The van der Waals surface area contributed by atoms with Crippen LogP contribution in [-0.2, 0) is 9.47 Å². The zero-order valence-electron chi connectivity index (χ0n) is 12.2. The number of hydrogen-bond donors (Lipinski definition) is 1. The number of ether oxygens (including phenoxy) is 2. The van der Waals surface area contributed by atoms with E-state index >= 15 is 0 Å². The van der Waals surface area contributed by atoms with E-state index in [1.165, 1.54) is 19.3 Å². The highest BCUT2D eigenvalue weighted by Crippen LogP contribution is 2.31. The van der Waals surface area contributed by atoms with Gasteiger partial charge in [0.2, 0.25) is 0 Å². The van der Waals surface area contributed by atoms with Crippen molar-refractivity contribution in [3.8, 4) is 0 Å². The van der Waals surface area contributed by atoms with E-state index in [-0.39, 0.29) is 0 Å². The Morgan fingerprint density at radius 1 is 1.28 bits per heavy atom. The van der Waals surface area contributed by atoms with E-state index in [0.29, 0.717) is 24.0 Å². The molecule has 0 radical (unpaired) electrons. The van der Waals surface area contributed by atoms with Crippen molar-refractivity contribution in [2.45, 2.75) is 52.2 Å². The fourth-order valence-corrected chi connectivity index (χ4v) is 3.53. The highest BCUT2D eigenvalue weighted by Gasteiger charge is 2.34. The molecule has 18 heavy (non-hydrogen) atoms. The average molecular weight is 255 g/mol. The lowest BCUT2D eigenvalue weighted by Gasteiger charge is -2.40. The highest BCUT2D eigenvalue weighted by molar-refractivity contribution is 4.88. The zero-order valence-corrected chi connectivity index (χ0v) is 12.2. The van der Waals surface area contributed by atoms with Crippen molar-refractivity contribution in [3.05, 3.63) is 0 Å². The van der Waals surface area contributed by atoms with Gasteiger partial charge in [0.1, 0.15) is 0 Å². The quantitative estimate of drug-likeness (QED) is 0.818. The Bertz CT molecular complexity index is 241. The molecule has 0 amide bonds. The SMILES string of the molecule is CCNC1CC(C)CC(C)C1OCC1CCOC1. The lowest BCUT2D eigenvalue weighted by atomic mass is 9.78. The molecule has 2 aliphatic rings. The van der Waals surface area contributed by atoms with E-state index in [2.05, 4.69) is 26.1 Å². The van der Waals surface area contributed by atoms with Crippen LogP contribution in [0.25, 0.3) is 0 Å². The summed E-state index contributed by atoms with van der Waals surface area (Å²) in [5.41, 5.74) is 0. The molecule has 0 aromatic rings. The molecule has 1 aliphatic heterocycles. The van der Waals surface area contributed by atoms with Crippen LogP contribution in [0, 0.1) is 17.8 Å². The predicted octanol–water partition coefficient (Wildman–Crippen LogP) is 2.45. The van der Waals surface area contributed by atoms with Crippen molar-refractivity contribution in [3.63, 3.8) is 0 Å². The second-order valence-electron chi connectivity index (χ2n) is 6.25. The first kappa shape index (κ1) is 14.3. The smallest absolute Gasteiger partial charge is 0.0753 e. The molecule has 1 aliphatic carbocycles. The van der Waals surface area contributed by atoms with Crippen molar-refractivity contribution in [1.29, 1.82) is 0 Å². The molecule has 0 bridgehead atoms. The zero-order chi connectivity index (χ0) is 13.0. The summed E-state index contributed by atoms with van der Waals surface area (Å²) < 4.78 is 11.7. The van der Waals surface area contributed by atoms with E-state index in [0.717, 1.165) is 32.3 Å². The van der Waals surface area contributed by atoms with Crippen LogP contribution >= 0.6 is 0 Å². The van der Waals surface area contributed by atoms with Gasteiger partial charge in [-0.25, -0.2) is 0 Å². The van der Waals surface area contributed by atoms with E-state index < -0.39 is 0 Å². The van der Waals surface area contributed by atoms with E-state index in [4.69, 9.17) is 9.47 Å². The molecule has 3 nitrogen and oxygen atoms in total. The summed E-state index contributed by atoms with van der Waals surface area (Å²) in [6.07, 6.45) is 4.11. The summed E-state index contributed by atoms with van der Waals surface area (Å²) in [5.74, 6) is 2.11. The van der Waals surface area contributed by atoms with Gasteiger partial charge >= 0.3 is 0 Å². The van der Waals surface area contributed by atoms with Crippen molar-refractivity contribution in [1.82, 2.24) is 5.32 Å². The van der Waals surface area contributed by atoms with Gasteiger partial charge in [-0.1, -0.05) is 20.8 Å². The van der Waals surface area contributed by atoms with Crippen LogP contribution in [0.15, 0.2) is 0 Å². The normalized spacial score (nSPS) is 41.2. The van der Waals surface area contributed by atoms with Gasteiger partial charge < -0.3 is 14.8 Å². The van der Waals surface area contributed by atoms with Crippen molar-refractivity contribution >= 4 is 0 Å². The molecule has 1 N–H and O–H groups in total. The molecule has 5 unspecified atom stereocenters. The Balaban J connectivity index is 1.85. The Labute approximate surface area is 112 Å². The Hall–Kier alpha value is -0.120. The van der Waals surface area contributed by atoms with Crippen LogP contribution in [0.5, 0.6) is 0 Å². The van der Waals surface area contributed by atoms with Crippen LogP contribution in [0.2, 0.25) is 0 Å². The maximum Gasteiger partial charge on any atom is 0.0753 e. The minimum atomic E-state index is 0.391. The standard InChI is InChI=1S/C15H29NO2/c1-4-16-14-8-11(2)7-12(3)15(14)18-10-13-5-6-17-9-13/h11-16H,4-10H2,1-3H3. The molecule has 5 atom stereocenters. The Morgan fingerprint density at radius 3 is 2.78 bits per heavy atom. The maximum atomic E-state index is 6.25. The van der Waals surface area contributed by atoms with Gasteiger partial charge in [0.25, 0.3) is 0 Å². The molecule has 1 saturated heterocycles. The van der Waals surface area contributed by atoms with Gasteiger partial charge in [0, 0.05) is 18.6 Å². The summed E-state index contributed by atoms with van der Waals surface area (Å²) in [5, 5.41) is 3.61. The van der Waals surface area contributed by atoms with E-state index in [9.17, 15) is 0 Å². The number of rotatable bonds is 5. The van der Waals surface area contributed by atoms with Gasteiger partial charge in [-0.05, 0) is 37.6 Å². The minimum absolute atomic E-state index is 0.391. The molecule has 106 valence electrons. The average Bonchev–Trinajstić information content (AvgIpc) is 2.81. The molecule has 0 aromatic carbocycles. The third-order valence-electron chi connectivity index (χ3n) is 4.40. The minimum Gasteiger partial charge on any atom is -0.381 e. The van der Waals surface area contributed by atoms with Gasteiger partial charge in [-0.3, -0.25) is 0 Å². The molecule has 3 heteroatoms. The maximum absolute atomic E-state index is 6.25. The van der Waals surface area contributed by atoms with E-state index in [1.54, 1.807) is 0 Å². The molecule has 0 aromatic heterocycles. The molecular formula is C15H29NO2. The second kappa shape index (κ2) is 6.88. The first-order valence-electron chi connectivity index (χ1n) is 7.63. The monoisotopic (exact) mass is 255 g/mol. The third kappa shape index (κ3) is 3.69. The summed E-state index contributed by atoms with van der Waals surface area (Å²) in [4.78, 5) is 0. The number of nitrogens with one attached hydrogen (secondary N) is 1. The van der Waals surface area contributed by atoms with Crippen molar-refractivity contribution in [2.24, 2.45) is 17.8 Å². The van der Waals surface area contributed by atoms with Crippen LogP contribution in [0.1, 0.15) is 40.0 Å². The Morgan fingerprint density at radius 2 is 2.11 bits per heavy atom. The van der Waals surface area contributed by atoms with Gasteiger partial charge in [-0.2, -0.15) is 0 Å². The highest BCUT2D eigenvalue weighted by atomic mass is 16.5. The van der Waals surface area contributed by atoms with Gasteiger partial charge in [0.15, 0.2) is 0 Å². The van der Waals surface area contributed by atoms with Crippen LogP contribution in [0.4, 0.5) is 0 Å². The topological polar surface area (TPSA) is 30.5 Å².